The first-order valence-electron chi connectivity index (χ1n) is 6.40. The Bertz CT molecular complexity index is 811. The molecule has 0 saturated carbocycles. The molecule has 3 aromatic rings. The molecule has 6 heteroatoms. The van der Waals surface area contributed by atoms with Crippen molar-refractivity contribution in [3.8, 4) is 5.75 Å². The molecule has 0 fully saturated rings. The Labute approximate surface area is 120 Å². The first kappa shape index (κ1) is 13.1. The van der Waals surface area contributed by atoms with Crippen LogP contribution in [0.15, 0.2) is 42.6 Å². The SMILES string of the molecule is Cc1cccc(OCc2nc3c(C(=O)O)cccn3n2)c1. The van der Waals surface area contributed by atoms with Crippen LogP contribution < -0.4 is 4.74 Å². The van der Waals surface area contributed by atoms with Gasteiger partial charge < -0.3 is 9.84 Å². The van der Waals surface area contributed by atoms with E-state index in [1.54, 1.807) is 12.3 Å². The normalized spacial score (nSPS) is 10.7. The van der Waals surface area contributed by atoms with Crippen molar-refractivity contribution in [2.24, 2.45) is 0 Å². The fourth-order valence-electron chi connectivity index (χ4n) is 2.03. The van der Waals surface area contributed by atoms with Gasteiger partial charge in [0.1, 0.15) is 17.9 Å². The molecule has 0 aliphatic carbocycles. The number of pyridine rings is 1. The lowest BCUT2D eigenvalue weighted by Gasteiger charge is -2.03. The third-order valence-corrected chi connectivity index (χ3v) is 2.99. The minimum Gasteiger partial charge on any atom is -0.486 e. The first-order chi connectivity index (χ1) is 10.1. The fraction of sp³-hybridized carbons (Fsp3) is 0.133. The summed E-state index contributed by atoms with van der Waals surface area (Å²) in [4.78, 5) is 15.3. The molecule has 0 aliphatic heterocycles. The molecule has 0 saturated heterocycles. The standard InChI is InChI=1S/C15H13N3O3/c1-10-4-2-5-11(8-10)21-9-13-16-14-12(15(19)20)6-3-7-18(14)17-13/h2-8H,9H2,1H3,(H,19,20). The Morgan fingerprint density at radius 1 is 1.33 bits per heavy atom. The molecule has 6 nitrogen and oxygen atoms in total. The second kappa shape index (κ2) is 5.24. The quantitative estimate of drug-likeness (QED) is 0.795. The molecular formula is C15H13N3O3. The number of aromatic carboxylic acids is 1. The summed E-state index contributed by atoms with van der Waals surface area (Å²) in [5.41, 5.74) is 1.53. The van der Waals surface area contributed by atoms with Crippen LogP contribution in [-0.4, -0.2) is 25.7 Å². The topological polar surface area (TPSA) is 76.7 Å². The number of aryl methyl sites for hydroxylation is 1. The highest BCUT2D eigenvalue weighted by Gasteiger charge is 2.13. The lowest BCUT2D eigenvalue weighted by molar-refractivity contribution is 0.0698. The van der Waals surface area contributed by atoms with Gasteiger partial charge in [-0.25, -0.2) is 14.3 Å². The van der Waals surface area contributed by atoms with Crippen LogP contribution in [0, 0.1) is 6.92 Å². The van der Waals surface area contributed by atoms with E-state index in [9.17, 15) is 4.79 Å². The highest BCUT2D eigenvalue weighted by molar-refractivity contribution is 5.94. The van der Waals surface area contributed by atoms with Crippen molar-refractivity contribution < 1.29 is 14.6 Å². The van der Waals surface area contributed by atoms with Gasteiger partial charge in [0.05, 0.1) is 0 Å². The molecule has 0 aliphatic rings. The van der Waals surface area contributed by atoms with Gasteiger partial charge in [0.15, 0.2) is 11.5 Å². The van der Waals surface area contributed by atoms with Gasteiger partial charge in [0, 0.05) is 6.20 Å². The van der Waals surface area contributed by atoms with E-state index in [-0.39, 0.29) is 12.2 Å². The Morgan fingerprint density at radius 2 is 2.19 bits per heavy atom. The maximum absolute atomic E-state index is 11.1. The molecule has 2 heterocycles. The van der Waals surface area contributed by atoms with Gasteiger partial charge in [-0.2, -0.15) is 0 Å². The number of nitrogens with zero attached hydrogens (tertiary/aromatic N) is 3. The maximum Gasteiger partial charge on any atom is 0.339 e. The predicted molar refractivity (Wildman–Crippen MR) is 75.5 cm³/mol. The number of fused-ring (bicyclic) bond motifs is 1. The highest BCUT2D eigenvalue weighted by Crippen LogP contribution is 2.14. The summed E-state index contributed by atoms with van der Waals surface area (Å²) in [6, 6.07) is 10.8. The highest BCUT2D eigenvalue weighted by atomic mass is 16.5. The molecule has 0 spiro atoms. The van der Waals surface area contributed by atoms with Gasteiger partial charge in [-0.3, -0.25) is 0 Å². The van der Waals surface area contributed by atoms with Crippen LogP contribution in [0.25, 0.3) is 5.65 Å². The number of ether oxygens (including phenoxy) is 1. The summed E-state index contributed by atoms with van der Waals surface area (Å²) in [6.07, 6.45) is 1.66. The van der Waals surface area contributed by atoms with E-state index < -0.39 is 5.97 Å². The molecule has 1 aromatic carbocycles. The van der Waals surface area contributed by atoms with E-state index in [1.165, 1.54) is 10.6 Å². The summed E-state index contributed by atoms with van der Waals surface area (Å²) in [5, 5.41) is 13.3. The van der Waals surface area contributed by atoms with Crippen molar-refractivity contribution in [1.82, 2.24) is 14.6 Å². The van der Waals surface area contributed by atoms with Crippen molar-refractivity contribution in [1.29, 1.82) is 0 Å². The number of benzene rings is 1. The van der Waals surface area contributed by atoms with E-state index >= 15 is 0 Å². The molecule has 3 rings (SSSR count). The van der Waals surface area contributed by atoms with E-state index in [0.29, 0.717) is 11.5 Å². The van der Waals surface area contributed by atoms with Gasteiger partial charge in [-0.05, 0) is 36.8 Å². The monoisotopic (exact) mass is 283 g/mol. The van der Waals surface area contributed by atoms with Crippen LogP contribution in [-0.2, 0) is 6.61 Å². The summed E-state index contributed by atoms with van der Waals surface area (Å²) >= 11 is 0. The molecule has 2 aromatic heterocycles. The van der Waals surface area contributed by atoms with E-state index in [2.05, 4.69) is 10.1 Å². The maximum atomic E-state index is 11.1. The van der Waals surface area contributed by atoms with Crippen LogP contribution in [0.5, 0.6) is 5.75 Å². The van der Waals surface area contributed by atoms with Crippen molar-refractivity contribution in [3.05, 3.63) is 59.5 Å². The van der Waals surface area contributed by atoms with Crippen LogP contribution >= 0.6 is 0 Å². The smallest absolute Gasteiger partial charge is 0.339 e. The number of hydrogen-bond acceptors (Lipinski definition) is 4. The zero-order valence-electron chi connectivity index (χ0n) is 11.4. The van der Waals surface area contributed by atoms with Crippen LogP contribution in [0.2, 0.25) is 0 Å². The van der Waals surface area contributed by atoms with Crippen molar-refractivity contribution in [2.75, 3.05) is 0 Å². The predicted octanol–water partition coefficient (Wildman–Crippen LogP) is 2.31. The summed E-state index contributed by atoms with van der Waals surface area (Å²) in [7, 11) is 0. The average molecular weight is 283 g/mol. The van der Waals surface area contributed by atoms with Crippen molar-refractivity contribution in [3.63, 3.8) is 0 Å². The molecule has 106 valence electrons. The molecule has 0 unspecified atom stereocenters. The zero-order valence-corrected chi connectivity index (χ0v) is 11.4. The third-order valence-electron chi connectivity index (χ3n) is 2.99. The van der Waals surface area contributed by atoms with Gasteiger partial charge in [-0.1, -0.05) is 12.1 Å². The molecule has 0 amide bonds. The number of carboxylic acid groups (broad SMARTS) is 1. The lowest BCUT2D eigenvalue weighted by Crippen LogP contribution is -2.00. The van der Waals surface area contributed by atoms with E-state index in [1.807, 2.05) is 31.2 Å². The van der Waals surface area contributed by atoms with Gasteiger partial charge >= 0.3 is 5.97 Å². The van der Waals surface area contributed by atoms with Crippen molar-refractivity contribution in [2.45, 2.75) is 13.5 Å². The second-order valence-corrected chi connectivity index (χ2v) is 4.63. The number of hydrogen-bond donors (Lipinski definition) is 1. The van der Waals surface area contributed by atoms with Gasteiger partial charge in [0.25, 0.3) is 0 Å². The number of carboxylic acids is 1. The minimum absolute atomic E-state index is 0.117. The molecule has 0 atom stereocenters. The molecule has 0 bridgehead atoms. The summed E-state index contributed by atoms with van der Waals surface area (Å²) in [6.45, 7) is 2.17. The molecular weight excluding hydrogens is 270 g/mol. The largest absolute Gasteiger partial charge is 0.486 e. The van der Waals surface area contributed by atoms with E-state index in [4.69, 9.17) is 9.84 Å². The van der Waals surface area contributed by atoms with Crippen molar-refractivity contribution >= 4 is 11.6 Å². The molecule has 21 heavy (non-hydrogen) atoms. The Balaban J connectivity index is 1.85. The van der Waals surface area contributed by atoms with Gasteiger partial charge in [0.2, 0.25) is 0 Å². The lowest BCUT2D eigenvalue weighted by atomic mass is 10.2. The second-order valence-electron chi connectivity index (χ2n) is 4.63. The minimum atomic E-state index is -1.03. The molecule has 0 radical (unpaired) electrons. The van der Waals surface area contributed by atoms with Crippen LogP contribution in [0.1, 0.15) is 21.7 Å². The molecule has 1 N–H and O–H groups in total. The number of rotatable bonds is 4. The Kier molecular flexibility index (Phi) is 3.27. The van der Waals surface area contributed by atoms with Crippen LogP contribution in [0.4, 0.5) is 0 Å². The van der Waals surface area contributed by atoms with E-state index in [0.717, 1.165) is 11.3 Å². The summed E-state index contributed by atoms with van der Waals surface area (Å²) < 4.78 is 7.06. The Morgan fingerprint density at radius 3 is 2.95 bits per heavy atom. The third kappa shape index (κ3) is 2.69. The Hall–Kier alpha value is -2.89. The number of aromatic nitrogens is 3. The fourth-order valence-corrected chi connectivity index (χ4v) is 2.03. The average Bonchev–Trinajstić information content (AvgIpc) is 2.87. The number of carbonyl (C=O) groups is 1. The first-order valence-corrected chi connectivity index (χ1v) is 6.40. The summed E-state index contributed by atoms with van der Waals surface area (Å²) in [5.74, 6) is 0.136. The zero-order chi connectivity index (χ0) is 14.8. The van der Waals surface area contributed by atoms with Crippen LogP contribution in [0.3, 0.4) is 0 Å². The van der Waals surface area contributed by atoms with Gasteiger partial charge in [-0.15, -0.1) is 5.10 Å².